The molecule has 0 saturated carbocycles. The van der Waals surface area contributed by atoms with Crippen LogP contribution in [0.2, 0.25) is 0 Å². The van der Waals surface area contributed by atoms with Gasteiger partial charge in [-0.25, -0.2) is 8.42 Å². The van der Waals surface area contributed by atoms with Gasteiger partial charge in [-0.05, 0) is 30.3 Å². The molecule has 0 radical (unpaired) electrons. The Bertz CT molecular complexity index is 942. The van der Waals surface area contributed by atoms with E-state index in [9.17, 15) is 26.4 Å². The normalized spacial score (nSPS) is 12.1. The molecule has 2 rings (SSSR count). The van der Waals surface area contributed by atoms with Crippen LogP contribution in [0, 0.1) is 0 Å². The lowest BCUT2D eigenvalue weighted by atomic mass is 10.2. The van der Waals surface area contributed by atoms with E-state index in [0.717, 1.165) is 6.07 Å². The van der Waals surface area contributed by atoms with Crippen LogP contribution in [0.5, 0.6) is 0 Å². The predicted molar refractivity (Wildman–Crippen MR) is 99.1 cm³/mol. The van der Waals surface area contributed by atoms with E-state index in [1.807, 2.05) is 0 Å². The first kappa shape index (κ1) is 21.7. The monoisotopic (exact) mass is 415 g/mol. The molecule has 0 aliphatic carbocycles. The predicted octanol–water partition coefficient (Wildman–Crippen LogP) is 3.49. The van der Waals surface area contributed by atoms with Gasteiger partial charge in [0.2, 0.25) is 10.0 Å². The minimum atomic E-state index is -4.59. The molecule has 2 N–H and O–H groups in total. The van der Waals surface area contributed by atoms with Gasteiger partial charge < -0.3 is 0 Å². The molecule has 6 nitrogen and oxygen atoms in total. The van der Waals surface area contributed by atoms with Gasteiger partial charge >= 0.3 is 6.18 Å². The summed E-state index contributed by atoms with van der Waals surface area (Å²) in [6.45, 7) is 3.93. The average Bonchev–Trinajstić information content (AvgIpc) is 2.66. The van der Waals surface area contributed by atoms with Crippen molar-refractivity contribution >= 4 is 21.6 Å². The van der Waals surface area contributed by atoms with E-state index in [2.05, 4.69) is 10.9 Å². The number of hydrazine groups is 1. The highest BCUT2D eigenvalue weighted by Crippen LogP contribution is 2.34. The highest BCUT2D eigenvalue weighted by Gasteiger charge is 2.33. The van der Waals surface area contributed by atoms with Crippen molar-refractivity contribution < 1.29 is 26.4 Å². The third-order valence-corrected chi connectivity index (χ3v) is 6.03. The molecule has 2 aromatic rings. The van der Waals surface area contributed by atoms with Gasteiger partial charge in [0.1, 0.15) is 0 Å². The first-order chi connectivity index (χ1) is 13.1. The van der Waals surface area contributed by atoms with Crippen molar-refractivity contribution in [3.8, 4) is 0 Å². The Kier molecular flexibility index (Phi) is 6.68. The van der Waals surface area contributed by atoms with Crippen molar-refractivity contribution in [3.63, 3.8) is 0 Å². The molecular weight excluding hydrogens is 395 g/mol. The molecule has 0 saturated heterocycles. The number of para-hydroxylation sites is 1. The molecule has 0 aliphatic rings. The largest absolute Gasteiger partial charge is 0.418 e. The molecule has 0 heterocycles. The van der Waals surface area contributed by atoms with Crippen LogP contribution in [0.25, 0.3) is 0 Å². The number of carbonyl (C=O) groups excluding carboxylic acids is 1. The topological polar surface area (TPSA) is 78.5 Å². The number of hydrogen-bond acceptors (Lipinski definition) is 4. The minimum absolute atomic E-state index is 0.00905. The fraction of sp³-hybridized carbons (Fsp3) is 0.278. The SMILES string of the molecule is CCN(CC)S(=O)(=O)c1cccc(C(=O)NNc2ccccc2C(F)(F)F)c1. The maximum atomic E-state index is 13.0. The second-order valence-corrected chi connectivity index (χ2v) is 7.68. The summed E-state index contributed by atoms with van der Waals surface area (Å²) < 4.78 is 65.3. The fourth-order valence-corrected chi connectivity index (χ4v) is 4.05. The summed E-state index contributed by atoms with van der Waals surface area (Å²) in [5.41, 5.74) is 3.14. The van der Waals surface area contributed by atoms with E-state index < -0.39 is 27.7 Å². The molecule has 0 aliphatic heterocycles. The van der Waals surface area contributed by atoms with Crippen molar-refractivity contribution in [2.75, 3.05) is 18.5 Å². The summed E-state index contributed by atoms with van der Waals surface area (Å²) >= 11 is 0. The van der Waals surface area contributed by atoms with Gasteiger partial charge in [0.15, 0.2) is 0 Å². The standard InChI is InChI=1S/C18H20F3N3O3S/c1-3-24(4-2)28(26,27)14-9-7-8-13(12-14)17(25)23-22-16-11-6-5-10-15(16)18(19,20)21/h5-12,22H,3-4H2,1-2H3,(H,23,25). The number of anilines is 1. The van der Waals surface area contributed by atoms with E-state index in [1.165, 1.54) is 46.8 Å². The molecule has 0 unspecified atom stereocenters. The molecule has 28 heavy (non-hydrogen) atoms. The summed E-state index contributed by atoms with van der Waals surface area (Å²) in [6.07, 6.45) is -4.59. The number of rotatable bonds is 7. The van der Waals surface area contributed by atoms with E-state index in [1.54, 1.807) is 13.8 Å². The summed E-state index contributed by atoms with van der Waals surface area (Å²) in [6, 6.07) is 9.98. The van der Waals surface area contributed by atoms with Crippen LogP contribution in [-0.4, -0.2) is 31.7 Å². The number of sulfonamides is 1. The quantitative estimate of drug-likeness (QED) is 0.679. The molecule has 0 fully saturated rings. The lowest BCUT2D eigenvalue weighted by Gasteiger charge is -2.19. The van der Waals surface area contributed by atoms with Crippen LogP contribution >= 0.6 is 0 Å². The lowest BCUT2D eigenvalue weighted by molar-refractivity contribution is -0.137. The number of benzene rings is 2. The number of carbonyl (C=O) groups is 1. The third-order valence-electron chi connectivity index (χ3n) is 3.98. The zero-order valence-corrected chi connectivity index (χ0v) is 16.1. The molecule has 2 aromatic carbocycles. The van der Waals surface area contributed by atoms with Crippen molar-refractivity contribution in [2.45, 2.75) is 24.9 Å². The zero-order valence-electron chi connectivity index (χ0n) is 15.2. The number of nitrogens with zero attached hydrogens (tertiary/aromatic N) is 1. The number of nitrogens with one attached hydrogen (secondary N) is 2. The molecular formula is C18H20F3N3O3S. The van der Waals surface area contributed by atoms with Gasteiger partial charge in [0, 0.05) is 18.7 Å². The van der Waals surface area contributed by atoms with Crippen LogP contribution in [0.3, 0.4) is 0 Å². The van der Waals surface area contributed by atoms with Gasteiger partial charge in [0.05, 0.1) is 16.1 Å². The van der Waals surface area contributed by atoms with Gasteiger partial charge in [-0.1, -0.05) is 32.0 Å². The molecule has 152 valence electrons. The molecule has 0 atom stereocenters. The molecule has 0 bridgehead atoms. The summed E-state index contributed by atoms with van der Waals surface area (Å²) in [7, 11) is -3.77. The van der Waals surface area contributed by atoms with Crippen LogP contribution in [0.4, 0.5) is 18.9 Å². The van der Waals surface area contributed by atoms with Crippen molar-refractivity contribution in [3.05, 3.63) is 59.7 Å². The first-order valence-electron chi connectivity index (χ1n) is 8.44. The Morgan fingerprint density at radius 3 is 2.29 bits per heavy atom. The lowest BCUT2D eigenvalue weighted by Crippen LogP contribution is -2.32. The van der Waals surface area contributed by atoms with Crippen LogP contribution in [0.1, 0.15) is 29.8 Å². The first-order valence-corrected chi connectivity index (χ1v) is 9.88. The second-order valence-electron chi connectivity index (χ2n) is 5.74. The second kappa shape index (κ2) is 8.61. The van der Waals surface area contributed by atoms with Crippen LogP contribution in [0.15, 0.2) is 53.4 Å². The highest BCUT2D eigenvalue weighted by molar-refractivity contribution is 7.89. The van der Waals surface area contributed by atoms with Gasteiger partial charge in [0.25, 0.3) is 5.91 Å². The minimum Gasteiger partial charge on any atom is -0.298 e. The van der Waals surface area contributed by atoms with E-state index in [-0.39, 0.29) is 29.2 Å². The number of hydrogen-bond donors (Lipinski definition) is 2. The van der Waals surface area contributed by atoms with E-state index in [0.29, 0.717) is 0 Å². The molecule has 0 aromatic heterocycles. The Hall–Kier alpha value is -2.59. The summed E-state index contributed by atoms with van der Waals surface area (Å²) in [5.74, 6) is -0.770. The van der Waals surface area contributed by atoms with Gasteiger partial charge in [-0.2, -0.15) is 17.5 Å². The van der Waals surface area contributed by atoms with E-state index in [4.69, 9.17) is 0 Å². The Morgan fingerprint density at radius 2 is 1.68 bits per heavy atom. The Morgan fingerprint density at radius 1 is 1.04 bits per heavy atom. The molecule has 0 spiro atoms. The zero-order chi connectivity index (χ0) is 20.9. The van der Waals surface area contributed by atoms with Crippen molar-refractivity contribution in [1.29, 1.82) is 0 Å². The maximum absolute atomic E-state index is 13.0. The maximum Gasteiger partial charge on any atom is 0.418 e. The van der Waals surface area contributed by atoms with Gasteiger partial charge in [-0.15, -0.1) is 0 Å². The van der Waals surface area contributed by atoms with E-state index >= 15 is 0 Å². The number of halogens is 3. The smallest absolute Gasteiger partial charge is 0.298 e. The highest BCUT2D eigenvalue weighted by atomic mass is 32.2. The third kappa shape index (κ3) is 4.82. The summed E-state index contributed by atoms with van der Waals surface area (Å²) in [4.78, 5) is 12.2. The van der Waals surface area contributed by atoms with Crippen LogP contribution < -0.4 is 10.9 Å². The van der Waals surface area contributed by atoms with Crippen LogP contribution in [-0.2, 0) is 16.2 Å². The number of alkyl halides is 3. The van der Waals surface area contributed by atoms with Crippen molar-refractivity contribution in [2.24, 2.45) is 0 Å². The molecule has 1 amide bonds. The summed E-state index contributed by atoms with van der Waals surface area (Å²) in [5, 5.41) is 0. The Labute approximate surface area is 161 Å². The van der Waals surface area contributed by atoms with Gasteiger partial charge in [-0.3, -0.25) is 15.6 Å². The fourth-order valence-electron chi connectivity index (χ4n) is 2.55. The van der Waals surface area contributed by atoms with Crippen molar-refractivity contribution in [1.82, 2.24) is 9.73 Å². The Balaban J connectivity index is 2.21. The number of amides is 1. The molecule has 10 heteroatoms. The average molecular weight is 415 g/mol.